The molecule has 0 spiro atoms. The molecule has 4 nitrogen and oxygen atoms in total. The van der Waals surface area contributed by atoms with Gasteiger partial charge in [0.2, 0.25) is 5.91 Å². The van der Waals surface area contributed by atoms with Crippen molar-refractivity contribution in [3.8, 4) is 0 Å². The number of aliphatic hydroxyl groups is 1. The van der Waals surface area contributed by atoms with Gasteiger partial charge in [0, 0.05) is 25.4 Å². The number of hydrogen-bond donors (Lipinski definition) is 3. The number of fused-ring (bicyclic) bond motifs is 1. The zero-order chi connectivity index (χ0) is 12.8. The van der Waals surface area contributed by atoms with Gasteiger partial charge >= 0.3 is 0 Å². The number of aliphatic hydroxyl groups excluding tert-OH is 1. The van der Waals surface area contributed by atoms with E-state index >= 15 is 0 Å². The van der Waals surface area contributed by atoms with Gasteiger partial charge in [0.25, 0.3) is 0 Å². The lowest BCUT2D eigenvalue weighted by Gasteiger charge is -2.18. The highest BCUT2D eigenvalue weighted by Gasteiger charge is 2.10. The van der Waals surface area contributed by atoms with Crippen LogP contribution in [0.25, 0.3) is 0 Å². The summed E-state index contributed by atoms with van der Waals surface area (Å²) in [6, 6.07) is 6.18. The third-order valence-electron chi connectivity index (χ3n) is 3.13. The number of rotatable bonds is 5. The standard InChI is InChI=1S/C14H20N2O2/c17-8-2-7-16-14(18)10-11-4-5-13-12(9-11)3-1-6-15-13/h4-5,9,15,17H,1-3,6-8,10H2,(H,16,18). The molecule has 98 valence electrons. The monoisotopic (exact) mass is 248 g/mol. The predicted octanol–water partition coefficient (Wildman–Crippen LogP) is 1.09. The predicted molar refractivity (Wildman–Crippen MR) is 71.7 cm³/mol. The molecule has 0 aromatic heterocycles. The molecule has 0 bridgehead atoms. The Kier molecular flexibility index (Phi) is 4.59. The van der Waals surface area contributed by atoms with E-state index in [9.17, 15) is 4.79 Å². The second-order valence-electron chi connectivity index (χ2n) is 4.63. The van der Waals surface area contributed by atoms with Crippen LogP contribution in [0.4, 0.5) is 5.69 Å². The molecule has 0 radical (unpaired) electrons. The Morgan fingerprint density at radius 2 is 2.33 bits per heavy atom. The van der Waals surface area contributed by atoms with Gasteiger partial charge in [-0.15, -0.1) is 0 Å². The highest BCUT2D eigenvalue weighted by molar-refractivity contribution is 5.78. The zero-order valence-corrected chi connectivity index (χ0v) is 10.5. The number of carbonyl (C=O) groups excluding carboxylic acids is 1. The molecule has 2 rings (SSSR count). The molecule has 1 amide bonds. The first kappa shape index (κ1) is 12.9. The van der Waals surface area contributed by atoms with Gasteiger partial charge in [-0.2, -0.15) is 0 Å². The lowest BCUT2D eigenvalue weighted by atomic mass is 9.99. The van der Waals surface area contributed by atoms with Gasteiger partial charge in [0.1, 0.15) is 0 Å². The van der Waals surface area contributed by atoms with E-state index in [1.165, 1.54) is 11.3 Å². The molecule has 0 saturated carbocycles. The molecule has 4 heteroatoms. The topological polar surface area (TPSA) is 61.4 Å². The molecule has 18 heavy (non-hydrogen) atoms. The van der Waals surface area contributed by atoms with Gasteiger partial charge in [-0.25, -0.2) is 0 Å². The van der Waals surface area contributed by atoms with Crippen molar-refractivity contribution in [2.24, 2.45) is 0 Å². The molecular formula is C14H20N2O2. The van der Waals surface area contributed by atoms with E-state index in [0.29, 0.717) is 19.4 Å². The number of anilines is 1. The van der Waals surface area contributed by atoms with Crippen LogP contribution in [0, 0.1) is 0 Å². The molecular weight excluding hydrogens is 228 g/mol. The number of hydrogen-bond acceptors (Lipinski definition) is 3. The molecule has 1 heterocycles. The summed E-state index contributed by atoms with van der Waals surface area (Å²) < 4.78 is 0. The van der Waals surface area contributed by atoms with Crippen LogP contribution in [0.2, 0.25) is 0 Å². The molecule has 0 aliphatic carbocycles. The Hall–Kier alpha value is -1.55. The minimum atomic E-state index is 0.0205. The van der Waals surface area contributed by atoms with E-state index in [1.807, 2.05) is 6.07 Å². The van der Waals surface area contributed by atoms with Crippen LogP contribution < -0.4 is 10.6 Å². The Bertz CT molecular complexity index is 418. The normalized spacial score (nSPS) is 13.6. The van der Waals surface area contributed by atoms with E-state index in [-0.39, 0.29) is 12.5 Å². The van der Waals surface area contributed by atoms with Gasteiger partial charge in [-0.3, -0.25) is 4.79 Å². The fourth-order valence-corrected chi connectivity index (χ4v) is 2.19. The molecule has 1 aromatic carbocycles. The van der Waals surface area contributed by atoms with Crippen molar-refractivity contribution in [1.29, 1.82) is 0 Å². The molecule has 0 atom stereocenters. The molecule has 1 aromatic rings. The van der Waals surface area contributed by atoms with Gasteiger partial charge < -0.3 is 15.7 Å². The Morgan fingerprint density at radius 3 is 3.17 bits per heavy atom. The fraction of sp³-hybridized carbons (Fsp3) is 0.500. The first-order valence-electron chi connectivity index (χ1n) is 6.53. The molecule has 1 aliphatic rings. The first-order valence-corrected chi connectivity index (χ1v) is 6.53. The Balaban J connectivity index is 1.91. The van der Waals surface area contributed by atoms with Crippen molar-refractivity contribution >= 4 is 11.6 Å². The Morgan fingerprint density at radius 1 is 1.44 bits per heavy atom. The smallest absolute Gasteiger partial charge is 0.224 e. The zero-order valence-electron chi connectivity index (χ0n) is 10.5. The van der Waals surface area contributed by atoms with E-state index < -0.39 is 0 Å². The van der Waals surface area contributed by atoms with E-state index in [0.717, 1.165) is 24.9 Å². The minimum absolute atomic E-state index is 0.0205. The summed E-state index contributed by atoms with van der Waals surface area (Å²) in [6.07, 6.45) is 3.26. The molecule has 1 aliphatic heterocycles. The molecule has 3 N–H and O–H groups in total. The summed E-state index contributed by atoms with van der Waals surface area (Å²) in [6.45, 7) is 1.70. The van der Waals surface area contributed by atoms with Crippen molar-refractivity contribution in [3.05, 3.63) is 29.3 Å². The molecule has 0 fully saturated rings. The van der Waals surface area contributed by atoms with Crippen molar-refractivity contribution in [2.45, 2.75) is 25.7 Å². The highest BCUT2D eigenvalue weighted by Crippen LogP contribution is 2.22. The van der Waals surface area contributed by atoms with Gasteiger partial charge in [-0.1, -0.05) is 12.1 Å². The lowest BCUT2D eigenvalue weighted by molar-refractivity contribution is -0.120. The second-order valence-corrected chi connectivity index (χ2v) is 4.63. The summed E-state index contributed by atoms with van der Waals surface area (Å²) in [7, 11) is 0. The summed E-state index contributed by atoms with van der Waals surface area (Å²) in [4.78, 5) is 11.6. The molecule has 0 saturated heterocycles. The maximum Gasteiger partial charge on any atom is 0.224 e. The van der Waals surface area contributed by atoms with Gasteiger partial charge in [-0.05, 0) is 36.5 Å². The van der Waals surface area contributed by atoms with Crippen molar-refractivity contribution in [2.75, 3.05) is 25.0 Å². The van der Waals surface area contributed by atoms with Crippen LogP contribution in [0.1, 0.15) is 24.0 Å². The van der Waals surface area contributed by atoms with Gasteiger partial charge in [0.15, 0.2) is 0 Å². The Labute approximate surface area is 107 Å². The minimum Gasteiger partial charge on any atom is -0.396 e. The largest absolute Gasteiger partial charge is 0.396 e. The summed E-state index contributed by atoms with van der Waals surface area (Å²) in [5.74, 6) is 0.0205. The van der Waals surface area contributed by atoms with E-state index in [4.69, 9.17) is 5.11 Å². The quantitative estimate of drug-likeness (QED) is 0.683. The maximum absolute atomic E-state index is 11.6. The maximum atomic E-state index is 11.6. The number of carbonyl (C=O) groups is 1. The number of nitrogens with one attached hydrogen (secondary N) is 2. The van der Waals surface area contributed by atoms with Crippen LogP contribution in [0.3, 0.4) is 0 Å². The van der Waals surface area contributed by atoms with E-state index in [1.54, 1.807) is 0 Å². The first-order chi connectivity index (χ1) is 8.79. The number of benzene rings is 1. The summed E-state index contributed by atoms with van der Waals surface area (Å²) in [5, 5.41) is 14.8. The van der Waals surface area contributed by atoms with Crippen LogP contribution in [0.15, 0.2) is 18.2 Å². The van der Waals surface area contributed by atoms with Crippen LogP contribution >= 0.6 is 0 Å². The second kappa shape index (κ2) is 6.40. The summed E-state index contributed by atoms with van der Waals surface area (Å²) >= 11 is 0. The SMILES string of the molecule is O=C(Cc1ccc2c(c1)CCCN2)NCCCO. The van der Waals surface area contributed by atoms with Crippen molar-refractivity contribution in [3.63, 3.8) is 0 Å². The lowest BCUT2D eigenvalue weighted by Crippen LogP contribution is -2.26. The van der Waals surface area contributed by atoms with Gasteiger partial charge in [0.05, 0.1) is 6.42 Å². The van der Waals surface area contributed by atoms with E-state index in [2.05, 4.69) is 22.8 Å². The van der Waals surface area contributed by atoms with Crippen LogP contribution in [0.5, 0.6) is 0 Å². The highest BCUT2D eigenvalue weighted by atomic mass is 16.3. The summed E-state index contributed by atoms with van der Waals surface area (Å²) in [5.41, 5.74) is 3.56. The third-order valence-corrected chi connectivity index (χ3v) is 3.13. The number of aryl methyl sites for hydroxylation is 1. The van der Waals surface area contributed by atoms with Crippen molar-refractivity contribution in [1.82, 2.24) is 5.32 Å². The molecule has 0 unspecified atom stereocenters. The fourth-order valence-electron chi connectivity index (χ4n) is 2.19. The van der Waals surface area contributed by atoms with Crippen LogP contribution in [-0.4, -0.2) is 30.7 Å². The van der Waals surface area contributed by atoms with Crippen LogP contribution in [-0.2, 0) is 17.6 Å². The average Bonchev–Trinajstić information content (AvgIpc) is 2.39. The number of amides is 1. The average molecular weight is 248 g/mol. The third kappa shape index (κ3) is 3.47. The van der Waals surface area contributed by atoms with Crippen molar-refractivity contribution < 1.29 is 9.90 Å².